The minimum absolute atomic E-state index is 0.0213. The number of methoxy groups -OCH3 is 1. The number of ether oxygens (including phenoxy) is 2. The molecule has 12 nitrogen and oxygen atoms in total. The third-order valence-electron chi connectivity index (χ3n) is 6.27. The molecule has 4 amide bonds. The molecule has 0 spiro atoms. The minimum Gasteiger partial charge on any atom is -0.496 e. The Morgan fingerprint density at radius 1 is 1.17 bits per heavy atom. The van der Waals surface area contributed by atoms with Crippen molar-refractivity contribution in [2.45, 2.75) is 58.9 Å². The number of hydrogen-bond donors (Lipinski definition) is 3. The van der Waals surface area contributed by atoms with E-state index in [9.17, 15) is 27.9 Å². The highest BCUT2D eigenvalue weighted by atomic mass is 32.2. The maximum atomic E-state index is 13.5. The Balaban J connectivity index is 1.85. The summed E-state index contributed by atoms with van der Waals surface area (Å²) in [7, 11) is 1.45. The van der Waals surface area contributed by atoms with Gasteiger partial charge < -0.3 is 20.1 Å². The lowest BCUT2D eigenvalue weighted by Crippen LogP contribution is -2.50. The SMILES string of the molecule is CCCC(=O)OCN(Cc1ccc(NC(=O)c2cc(N3C(=O)CCNC3=O)cc(C(C)(C)C)c2OC)cc1)S(=O)O. The van der Waals surface area contributed by atoms with E-state index in [1.165, 1.54) is 13.2 Å². The lowest BCUT2D eigenvalue weighted by molar-refractivity contribution is -0.146. The van der Waals surface area contributed by atoms with Crippen LogP contribution in [0.15, 0.2) is 36.4 Å². The van der Waals surface area contributed by atoms with Crippen LogP contribution in [0, 0.1) is 0 Å². The molecule has 1 aliphatic heterocycles. The fourth-order valence-corrected chi connectivity index (χ4v) is 4.59. The second-order valence-electron chi connectivity index (χ2n) is 10.5. The molecule has 1 aliphatic rings. The van der Waals surface area contributed by atoms with Crippen molar-refractivity contribution >= 4 is 46.5 Å². The number of urea groups is 1. The van der Waals surface area contributed by atoms with E-state index in [0.717, 1.165) is 9.21 Å². The van der Waals surface area contributed by atoms with E-state index >= 15 is 0 Å². The third kappa shape index (κ3) is 8.12. The molecule has 1 atom stereocenters. The van der Waals surface area contributed by atoms with Gasteiger partial charge in [-0.1, -0.05) is 39.8 Å². The Kier molecular flexibility index (Phi) is 10.6. The number of nitrogens with zero attached hydrogens (tertiary/aromatic N) is 2. The summed E-state index contributed by atoms with van der Waals surface area (Å²) in [5.74, 6) is -1.04. The zero-order valence-electron chi connectivity index (χ0n) is 23.8. The molecule has 0 saturated carbocycles. The Bertz CT molecular complexity index is 1310. The smallest absolute Gasteiger partial charge is 0.328 e. The highest BCUT2D eigenvalue weighted by Crippen LogP contribution is 2.38. The first-order valence-electron chi connectivity index (χ1n) is 13.1. The molecule has 0 aromatic heterocycles. The van der Waals surface area contributed by atoms with Gasteiger partial charge in [0.2, 0.25) is 17.2 Å². The third-order valence-corrected chi connectivity index (χ3v) is 6.95. The minimum atomic E-state index is -2.37. The zero-order valence-corrected chi connectivity index (χ0v) is 24.6. The molecule has 1 unspecified atom stereocenters. The Labute approximate surface area is 241 Å². The lowest BCUT2D eigenvalue weighted by Gasteiger charge is -2.30. The Morgan fingerprint density at radius 2 is 1.85 bits per heavy atom. The van der Waals surface area contributed by atoms with Crippen LogP contribution in [0.2, 0.25) is 0 Å². The largest absolute Gasteiger partial charge is 0.496 e. The van der Waals surface area contributed by atoms with Gasteiger partial charge in [0.15, 0.2) is 6.73 Å². The molecule has 1 saturated heterocycles. The highest BCUT2D eigenvalue weighted by molar-refractivity contribution is 7.76. The van der Waals surface area contributed by atoms with Crippen LogP contribution in [0.1, 0.15) is 68.4 Å². The number of nitrogens with one attached hydrogen (secondary N) is 2. The fraction of sp³-hybridized carbons (Fsp3) is 0.429. The van der Waals surface area contributed by atoms with Crippen LogP contribution in [0.5, 0.6) is 5.75 Å². The number of carbonyl (C=O) groups is 4. The van der Waals surface area contributed by atoms with Crippen LogP contribution in [-0.4, -0.2) is 57.3 Å². The van der Waals surface area contributed by atoms with Crippen molar-refractivity contribution in [3.05, 3.63) is 53.1 Å². The van der Waals surface area contributed by atoms with E-state index in [4.69, 9.17) is 9.47 Å². The van der Waals surface area contributed by atoms with Crippen molar-refractivity contribution < 1.29 is 37.4 Å². The van der Waals surface area contributed by atoms with Gasteiger partial charge >= 0.3 is 12.0 Å². The summed E-state index contributed by atoms with van der Waals surface area (Å²) in [4.78, 5) is 51.3. The van der Waals surface area contributed by atoms with Crippen molar-refractivity contribution in [1.29, 1.82) is 0 Å². The van der Waals surface area contributed by atoms with Crippen LogP contribution in [0.25, 0.3) is 0 Å². The average molecular weight is 589 g/mol. The second kappa shape index (κ2) is 13.7. The van der Waals surface area contributed by atoms with Gasteiger partial charge in [-0.15, -0.1) is 0 Å². The molecule has 3 rings (SSSR count). The topological polar surface area (TPSA) is 155 Å². The molecule has 222 valence electrons. The summed E-state index contributed by atoms with van der Waals surface area (Å²) in [5, 5.41) is 5.46. The van der Waals surface area contributed by atoms with Crippen molar-refractivity contribution in [3.63, 3.8) is 0 Å². The number of amides is 4. The number of imide groups is 1. The van der Waals surface area contributed by atoms with Crippen molar-refractivity contribution in [1.82, 2.24) is 9.62 Å². The van der Waals surface area contributed by atoms with Crippen molar-refractivity contribution in [2.75, 3.05) is 30.6 Å². The van der Waals surface area contributed by atoms with E-state index in [1.54, 1.807) is 30.3 Å². The standard InChI is InChI=1S/C28H36N4O8S/c1-6-7-24(34)40-17-31(41(37)38)16-18-8-10-19(11-9-18)30-26(35)21-14-20(32-23(33)12-13-29-27(32)36)15-22(25(21)39-5)28(2,3)4/h8-11,14-15H,6-7,12-13,16-17H2,1-5H3,(H,29,36)(H,30,35)(H,37,38). The van der Waals surface area contributed by atoms with E-state index < -0.39 is 34.6 Å². The van der Waals surface area contributed by atoms with E-state index in [2.05, 4.69) is 10.6 Å². The fourth-order valence-electron chi connectivity index (χ4n) is 4.19. The number of rotatable bonds is 11. The predicted octanol–water partition coefficient (Wildman–Crippen LogP) is 3.93. The number of anilines is 2. The quantitative estimate of drug-likeness (QED) is 0.203. The molecule has 0 radical (unpaired) electrons. The first-order chi connectivity index (χ1) is 19.3. The molecule has 2 aromatic carbocycles. The van der Waals surface area contributed by atoms with Gasteiger partial charge in [-0.25, -0.2) is 13.9 Å². The van der Waals surface area contributed by atoms with Gasteiger partial charge in [0.05, 0.1) is 18.4 Å². The average Bonchev–Trinajstić information content (AvgIpc) is 2.90. The summed E-state index contributed by atoms with van der Waals surface area (Å²) in [5.41, 5.74) is 1.62. The number of carbonyl (C=O) groups excluding carboxylic acids is 4. The van der Waals surface area contributed by atoms with E-state index in [0.29, 0.717) is 29.0 Å². The number of benzene rings is 2. The first-order valence-corrected chi connectivity index (χ1v) is 14.2. The van der Waals surface area contributed by atoms with Gasteiger partial charge in [-0.2, -0.15) is 4.31 Å². The van der Waals surface area contributed by atoms with Crippen LogP contribution in [-0.2, 0) is 37.6 Å². The van der Waals surface area contributed by atoms with Gasteiger partial charge in [0, 0.05) is 37.2 Å². The maximum absolute atomic E-state index is 13.5. The highest BCUT2D eigenvalue weighted by Gasteiger charge is 2.32. The summed E-state index contributed by atoms with van der Waals surface area (Å²) < 4.78 is 33.0. The predicted molar refractivity (Wildman–Crippen MR) is 154 cm³/mol. The molecule has 0 bridgehead atoms. The van der Waals surface area contributed by atoms with Crippen molar-refractivity contribution in [3.8, 4) is 5.75 Å². The molecule has 1 fully saturated rings. The molecule has 0 aliphatic carbocycles. The summed E-state index contributed by atoms with van der Waals surface area (Å²) in [6, 6.07) is 9.14. The molecule has 3 N–H and O–H groups in total. The number of esters is 1. The summed E-state index contributed by atoms with van der Waals surface area (Å²) in [6.07, 6.45) is 0.958. The molecule has 13 heteroatoms. The van der Waals surface area contributed by atoms with E-state index in [-0.39, 0.29) is 49.8 Å². The monoisotopic (exact) mass is 588 g/mol. The number of hydrogen-bond acceptors (Lipinski definition) is 7. The summed E-state index contributed by atoms with van der Waals surface area (Å²) in [6.45, 7) is 7.54. The maximum Gasteiger partial charge on any atom is 0.328 e. The molecule has 2 aromatic rings. The van der Waals surface area contributed by atoms with Gasteiger partial charge in [0.25, 0.3) is 5.91 Å². The Morgan fingerprint density at radius 3 is 2.41 bits per heavy atom. The van der Waals surface area contributed by atoms with Crippen LogP contribution in [0.4, 0.5) is 16.2 Å². The normalized spacial score (nSPS) is 14.5. The van der Waals surface area contributed by atoms with E-state index in [1.807, 2.05) is 27.7 Å². The first kappa shape index (κ1) is 31.7. The van der Waals surface area contributed by atoms with Gasteiger partial charge in [-0.05, 0) is 41.7 Å². The van der Waals surface area contributed by atoms with Crippen LogP contribution < -0.4 is 20.3 Å². The zero-order chi connectivity index (χ0) is 30.3. The van der Waals surface area contributed by atoms with Gasteiger partial charge in [0.1, 0.15) is 5.75 Å². The summed E-state index contributed by atoms with van der Waals surface area (Å²) >= 11 is -2.37. The molecule has 41 heavy (non-hydrogen) atoms. The van der Waals surface area contributed by atoms with Crippen LogP contribution in [0.3, 0.4) is 0 Å². The second-order valence-corrected chi connectivity index (χ2v) is 11.4. The molecular weight excluding hydrogens is 552 g/mol. The van der Waals surface area contributed by atoms with Crippen molar-refractivity contribution in [2.24, 2.45) is 0 Å². The van der Waals surface area contributed by atoms with Crippen LogP contribution >= 0.6 is 0 Å². The van der Waals surface area contributed by atoms with Gasteiger partial charge in [-0.3, -0.25) is 18.9 Å². The Hall–Kier alpha value is -3.81. The molecule has 1 heterocycles. The molecular formula is C28H36N4O8S. The lowest BCUT2D eigenvalue weighted by atomic mass is 9.84.